The number of amides is 1. The fourth-order valence-corrected chi connectivity index (χ4v) is 3.41. The second-order valence-corrected chi connectivity index (χ2v) is 6.69. The molecular weight excluding hydrogens is 338 g/mol. The summed E-state index contributed by atoms with van der Waals surface area (Å²) < 4.78 is 1.83. The summed E-state index contributed by atoms with van der Waals surface area (Å²) in [6.07, 6.45) is 8.54. The Kier molecular flexibility index (Phi) is 5.14. The molecule has 0 spiro atoms. The second kappa shape index (κ2) is 8.03. The first kappa shape index (κ1) is 17.3. The molecule has 3 aromatic rings. The van der Waals surface area contributed by atoms with E-state index < -0.39 is 0 Å². The number of benzene rings is 1. The van der Waals surface area contributed by atoms with Crippen molar-refractivity contribution in [3.63, 3.8) is 0 Å². The summed E-state index contributed by atoms with van der Waals surface area (Å²) in [5.41, 5.74) is 2.86. The molecule has 4 rings (SSSR count). The lowest BCUT2D eigenvalue weighted by Crippen LogP contribution is -2.29. The third-order valence-electron chi connectivity index (χ3n) is 4.84. The summed E-state index contributed by atoms with van der Waals surface area (Å²) in [6, 6.07) is 13.8. The van der Waals surface area contributed by atoms with E-state index in [9.17, 15) is 4.79 Å². The number of aromatic nitrogens is 3. The maximum Gasteiger partial charge on any atom is 0.255 e. The Bertz CT molecular complexity index is 883. The van der Waals surface area contributed by atoms with Crippen LogP contribution in [0, 0.1) is 0 Å². The number of carbonyl (C=O) groups excluding carboxylic acids is 1. The molecule has 2 aromatic heterocycles. The number of carbonyl (C=O) groups is 1. The predicted molar refractivity (Wildman–Crippen MR) is 105 cm³/mol. The van der Waals surface area contributed by atoms with E-state index in [1.54, 1.807) is 12.4 Å². The van der Waals surface area contributed by atoms with Gasteiger partial charge in [0.05, 0.1) is 11.3 Å². The molecule has 6 nitrogen and oxygen atoms in total. The Morgan fingerprint density at radius 1 is 1.04 bits per heavy atom. The van der Waals surface area contributed by atoms with Crippen molar-refractivity contribution in [2.75, 3.05) is 24.5 Å². The first-order valence-electron chi connectivity index (χ1n) is 9.38. The monoisotopic (exact) mass is 361 g/mol. The molecule has 1 aliphatic heterocycles. The minimum absolute atomic E-state index is 0.0573. The third kappa shape index (κ3) is 4.00. The van der Waals surface area contributed by atoms with Crippen LogP contribution in [0.15, 0.2) is 61.1 Å². The van der Waals surface area contributed by atoms with Crippen LogP contribution >= 0.6 is 0 Å². The molecular formula is C21H23N5O. The number of hydrogen-bond donors (Lipinski definition) is 1. The van der Waals surface area contributed by atoms with Crippen molar-refractivity contribution in [1.29, 1.82) is 0 Å². The summed E-state index contributed by atoms with van der Waals surface area (Å²) in [5.74, 6) is 0.745. The van der Waals surface area contributed by atoms with Gasteiger partial charge < -0.3 is 10.2 Å². The van der Waals surface area contributed by atoms with E-state index in [2.05, 4.69) is 32.4 Å². The zero-order valence-electron chi connectivity index (χ0n) is 15.2. The van der Waals surface area contributed by atoms with Gasteiger partial charge in [-0.25, -0.2) is 9.67 Å². The second-order valence-electron chi connectivity index (χ2n) is 6.69. The zero-order valence-corrected chi connectivity index (χ0v) is 15.2. The van der Waals surface area contributed by atoms with Gasteiger partial charge in [-0.2, -0.15) is 5.10 Å². The molecule has 1 aliphatic rings. The van der Waals surface area contributed by atoms with Crippen LogP contribution in [0.2, 0.25) is 0 Å². The maximum atomic E-state index is 12.6. The molecule has 6 heteroatoms. The van der Waals surface area contributed by atoms with Crippen molar-refractivity contribution in [1.82, 2.24) is 20.1 Å². The van der Waals surface area contributed by atoms with Crippen molar-refractivity contribution >= 4 is 11.7 Å². The molecule has 27 heavy (non-hydrogen) atoms. The van der Waals surface area contributed by atoms with Gasteiger partial charge in [-0.15, -0.1) is 0 Å². The van der Waals surface area contributed by atoms with E-state index in [0.29, 0.717) is 12.1 Å². The lowest BCUT2D eigenvalue weighted by molar-refractivity contribution is 0.0954. The van der Waals surface area contributed by atoms with Gasteiger partial charge in [0.25, 0.3) is 5.91 Å². The van der Waals surface area contributed by atoms with Gasteiger partial charge in [0, 0.05) is 38.2 Å². The molecule has 0 bridgehead atoms. The molecule has 1 saturated heterocycles. The van der Waals surface area contributed by atoms with Crippen LogP contribution in [0.1, 0.15) is 28.8 Å². The average molecular weight is 361 g/mol. The Hall–Kier alpha value is -3.15. The largest absolute Gasteiger partial charge is 0.356 e. The SMILES string of the molecule is O=C(NCCc1ccc(-n2cccn2)cc1)c1cccnc1N1CCCC1. The van der Waals surface area contributed by atoms with E-state index in [-0.39, 0.29) is 5.91 Å². The molecule has 0 radical (unpaired) electrons. The molecule has 0 unspecified atom stereocenters. The highest BCUT2D eigenvalue weighted by atomic mass is 16.1. The summed E-state index contributed by atoms with van der Waals surface area (Å²) in [4.78, 5) is 19.3. The standard InChI is InChI=1S/C21H23N5O/c27-21(19-5-3-11-22-20(19)25-14-1-2-15-25)23-13-10-17-6-8-18(9-7-17)26-16-4-12-24-26/h3-9,11-12,16H,1-2,10,13-15H2,(H,23,27). The van der Waals surface area contributed by atoms with Gasteiger partial charge in [0.2, 0.25) is 0 Å². The highest BCUT2D eigenvalue weighted by Crippen LogP contribution is 2.21. The van der Waals surface area contributed by atoms with E-state index in [4.69, 9.17) is 0 Å². The summed E-state index contributed by atoms with van der Waals surface area (Å²) in [6.45, 7) is 2.54. The molecule has 1 aromatic carbocycles. The van der Waals surface area contributed by atoms with Gasteiger partial charge in [-0.3, -0.25) is 4.79 Å². The van der Waals surface area contributed by atoms with Crippen LogP contribution in [0.5, 0.6) is 0 Å². The van der Waals surface area contributed by atoms with Crippen molar-refractivity contribution in [2.45, 2.75) is 19.3 Å². The van der Waals surface area contributed by atoms with Gasteiger partial charge in [-0.1, -0.05) is 12.1 Å². The van der Waals surface area contributed by atoms with Gasteiger partial charge in [0.15, 0.2) is 0 Å². The van der Waals surface area contributed by atoms with Crippen molar-refractivity contribution in [3.8, 4) is 5.69 Å². The molecule has 138 valence electrons. The Morgan fingerprint density at radius 3 is 2.59 bits per heavy atom. The fourth-order valence-electron chi connectivity index (χ4n) is 3.41. The summed E-state index contributed by atoms with van der Waals surface area (Å²) >= 11 is 0. The van der Waals surface area contributed by atoms with Crippen LogP contribution in [-0.2, 0) is 6.42 Å². The number of nitrogens with zero attached hydrogens (tertiary/aromatic N) is 4. The van der Waals surface area contributed by atoms with Crippen molar-refractivity contribution in [2.24, 2.45) is 0 Å². The van der Waals surface area contributed by atoms with E-state index in [1.165, 1.54) is 5.56 Å². The van der Waals surface area contributed by atoms with Crippen LogP contribution in [0.4, 0.5) is 5.82 Å². The Labute approximate surface area is 158 Å². The van der Waals surface area contributed by atoms with E-state index >= 15 is 0 Å². The summed E-state index contributed by atoms with van der Waals surface area (Å²) in [7, 11) is 0. The topological polar surface area (TPSA) is 63.1 Å². The van der Waals surface area contributed by atoms with E-state index in [0.717, 1.165) is 43.9 Å². The Balaban J connectivity index is 1.35. The molecule has 1 N–H and O–H groups in total. The first-order chi connectivity index (χ1) is 13.3. The molecule has 0 aliphatic carbocycles. The van der Waals surface area contributed by atoms with E-state index in [1.807, 2.05) is 41.2 Å². The number of nitrogens with one attached hydrogen (secondary N) is 1. The average Bonchev–Trinajstić information content (AvgIpc) is 3.42. The molecule has 0 atom stereocenters. The number of hydrogen-bond acceptors (Lipinski definition) is 4. The number of rotatable bonds is 6. The van der Waals surface area contributed by atoms with Gasteiger partial charge in [-0.05, 0) is 55.2 Å². The zero-order chi connectivity index (χ0) is 18.5. The maximum absolute atomic E-state index is 12.6. The van der Waals surface area contributed by atoms with Gasteiger partial charge in [0.1, 0.15) is 5.82 Å². The van der Waals surface area contributed by atoms with Gasteiger partial charge >= 0.3 is 0 Å². The minimum Gasteiger partial charge on any atom is -0.356 e. The van der Waals surface area contributed by atoms with Crippen LogP contribution in [0.3, 0.4) is 0 Å². The number of anilines is 1. The fraction of sp³-hybridized carbons (Fsp3) is 0.286. The number of pyridine rings is 1. The van der Waals surface area contributed by atoms with Crippen LogP contribution < -0.4 is 10.2 Å². The lowest BCUT2D eigenvalue weighted by Gasteiger charge is -2.19. The highest BCUT2D eigenvalue weighted by molar-refractivity contribution is 5.98. The molecule has 1 fully saturated rings. The van der Waals surface area contributed by atoms with Crippen LogP contribution in [0.25, 0.3) is 5.69 Å². The van der Waals surface area contributed by atoms with Crippen molar-refractivity contribution < 1.29 is 4.79 Å². The van der Waals surface area contributed by atoms with Crippen LogP contribution in [-0.4, -0.2) is 40.3 Å². The molecule has 1 amide bonds. The first-order valence-corrected chi connectivity index (χ1v) is 9.38. The third-order valence-corrected chi connectivity index (χ3v) is 4.84. The highest BCUT2D eigenvalue weighted by Gasteiger charge is 2.20. The minimum atomic E-state index is -0.0573. The van der Waals surface area contributed by atoms with Crippen molar-refractivity contribution in [3.05, 3.63) is 72.2 Å². The normalized spacial score (nSPS) is 13.7. The molecule has 0 saturated carbocycles. The quantitative estimate of drug-likeness (QED) is 0.733. The molecule has 3 heterocycles. The Morgan fingerprint density at radius 2 is 1.85 bits per heavy atom. The lowest BCUT2D eigenvalue weighted by atomic mass is 10.1. The summed E-state index contributed by atoms with van der Waals surface area (Å²) in [5, 5.41) is 7.26. The smallest absolute Gasteiger partial charge is 0.255 e. The predicted octanol–water partition coefficient (Wildman–Crippen LogP) is 2.84.